The van der Waals surface area contributed by atoms with Gasteiger partial charge in [-0.25, -0.2) is 19.3 Å². The highest BCUT2D eigenvalue weighted by atomic mass is 19.1. The van der Waals surface area contributed by atoms with Crippen LogP contribution >= 0.6 is 0 Å². The molecule has 0 unspecified atom stereocenters. The molecule has 160 valence electrons. The van der Waals surface area contributed by atoms with Crippen LogP contribution in [0.4, 0.5) is 10.2 Å². The van der Waals surface area contributed by atoms with E-state index < -0.39 is 5.82 Å². The molecule has 0 aliphatic rings. The molecule has 6 nitrogen and oxygen atoms in total. The lowest BCUT2D eigenvalue weighted by molar-refractivity contribution is 0.612. The van der Waals surface area contributed by atoms with Crippen molar-refractivity contribution in [1.29, 1.82) is 0 Å². The van der Waals surface area contributed by atoms with Gasteiger partial charge in [0.25, 0.3) is 0 Å². The normalized spacial score (nSPS) is 11.4. The number of nitrogens with zero attached hydrogens (tertiary/aromatic N) is 5. The van der Waals surface area contributed by atoms with E-state index in [9.17, 15) is 0 Å². The second-order valence-corrected chi connectivity index (χ2v) is 7.29. The number of aryl methyl sites for hydroxylation is 2. The van der Waals surface area contributed by atoms with E-state index in [0.29, 0.717) is 12.1 Å². The zero-order valence-electron chi connectivity index (χ0n) is 18.0. The van der Waals surface area contributed by atoms with Crippen molar-refractivity contribution < 1.29 is 4.39 Å². The van der Waals surface area contributed by atoms with Crippen molar-refractivity contribution in [3.05, 3.63) is 103 Å². The van der Waals surface area contributed by atoms with E-state index in [0.717, 1.165) is 28.2 Å². The van der Waals surface area contributed by atoms with Crippen LogP contribution in [-0.2, 0) is 6.54 Å². The van der Waals surface area contributed by atoms with E-state index in [4.69, 9.17) is 0 Å². The number of hydrogen-bond acceptors (Lipinski definition) is 5. The summed E-state index contributed by atoms with van der Waals surface area (Å²) in [5.41, 5.74) is 4.90. The molecule has 4 aromatic rings. The Morgan fingerprint density at radius 1 is 1.03 bits per heavy atom. The summed E-state index contributed by atoms with van der Waals surface area (Å²) in [5.74, 6) is 0.391. The minimum absolute atomic E-state index is 0.138. The fourth-order valence-corrected chi connectivity index (χ4v) is 3.30. The molecule has 3 aromatic heterocycles. The van der Waals surface area contributed by atoms with Crippen molar-refractivity contribution in [2.45, 2.75) is 20.4 Å². The topological polar surface area (TPSA) is 68.5 Å². The molecule has 0 spiro atoms. The van der Waals surface area contributed by atoms with Gasteiger partial charge in [-0.1, -0.05) is 36.9 Å². The highest BCUT2D eigenvalue weighted by molar-refractivity contribution is 5.81. The number of allylic oxidation sites excluding steroid dienone is 2. The van der Waals surface area contributed by atoms with Crippen molar-refractivity contribution in [2.75, 3.05) is 5.32 Å². The molecule has 0 aliphatic heterocycles. The monoisotopic (exact) mass is 426 g/mol. The largest absolute Gasteiger partial charge is 0.363 e. The summed E-state index contributed by atoms with van der Waals surface area (Å²) in [4.78, 5) is 16.6. The Balaban J connectivity index is 1.51. The Morgan fingerprint density at radius 3 is 2.53 bits per heavy atom. The number of anilines is 1. The van der Waals surface area contributed by atoms with Crippen LogP contribution in [-0.4, -0.2) is 24.5 Å². The summed E-state index contributed by atoms with van der Waals surface area (Å²) >= 11 is 0. The van der Waals surface area contributed by atoms with Crippen LogP contribution in [0.1, 0.15) is 22.8 Å². The molecule has 0 saturated carbocycles. The highest BCUT2D eigenvalue weighted by Gasteiger charge is 2.14. The first-order valence-corrected chi connectivity index (χ1v) is 10.2. The van der Waals surface area contributed by atoms with E-state index in [1.165, 1.54) is 6.33 Å². The maximum atomic E-state index is 15.2. The molecule has 1 aromatic carbocycles. The van der Waals surface area contributed by atoms with E-state index in [2.05, 4.69) is 31.8 Å². The summed E-state index contributed by atoms with van der Waals surface area (Å²) in [6, 6.07) is 12.1. The maximum absolute atomic E-state index is 15.2. The number of halogens is 1. The molecule has 0 saturated heterocycles. The summed E-state index contributed by atoms with van der Waals surface area (Å²) in [7, 11) is 0. The molecule has 0 atom stereocenters. The van der Waals surface area contributed by atoms with Gasteiger partial charge in [-0.05, 0) is 42.7 Å². The Hall–Kier alpha value is -4.13. The molecule has 0 amide bonds. The average molecular weight is 426 g/mol. The third-order valence-corrected chi connectivity index (χ3v) is 5.07. The molecule has 0 aliphatic carbocycles. The molecule has 7 heteroatoms. The Bertz CT molecular complexity index is 1270. The zero-order chi connectivity index (χ0) is 22.5. The molecule has 0 bridgehead atoms. The number of benzene rings is 1. The molecule has 4 rings (SSSR count). The molecule has 0 radical (unpaired) electrons. The summed E-state index contributed by atoms with van der Waals surface area (Å²) in [5, 5.41) is 3.07. The first-order valence-electron chi connectivity index (χ1n) is 10.2. The fourth-order valence-electron chi connectivity index (χ4n) is 3.30. The minimum atomic E-state index is -0.528. The lowest BCUT2D eigenvalue weighted by atomic mass is 10.0. The van der Waals surface area contributed by atoms with Gasteiger partial charge >= 0.3 is 0 Å². The van der Waals surface area contributed by atoms with E-state index >= 15 is 4.39 Å². The van der Waals surface area contributed by atoms with Gasteiger partial charge in [-0.2, -0.15) is 0 Å². The maximum Gasteiger partial charge on any atom is 0.191 e. The number of hydrogen-bond donors (Lipinski definition) is 1. The standard InChI is InChI=1S/C25H23FN6/c1-4-20(15-32-12-11-28-18(32)3)24-23(26)25(31-16-30-24)29-14-19-5-7-21(8-6-19)22-9-10-27-17(2)13-22/h4-13,15-16H,1,14H2,2-3H3,(H,29,30,31)/b20-15+. The van der Waals surface area contributed by atoms with Crippen LogP contribution < -0.4 is 5.32 Å². The zero-order valence-corrected chi connectivity index (χ0v) is 18.0. The summed E-state index contributed by atoms with van der Waals surface area (Å²) < 4.78 is 16.9. The SMILES string of the molecule is C=C/C(=C\n1ccnc1C)c1ncnc(NCc2ccc(-c3ccnc(C)c3)cc2)c1F. The van der Waals surface area contributed by atoms with Crippen LogP contribution in [0, 0.1) is 19.7 Å². The van der Waals surface area contributed by atoms with E-state index in [-0.39, 0.29) is 11.5 Å². The van der Waals surface area contributed by atoms with Gasteiger partial charge in [-0.15, -0.1) is 0 Å². The number of pyridine rings is 1. The second kappa shape index (κ2) is 9.34. The highest BCUT2D eigenvalue weighted by Crippen LogP contribution is 2.24. The molecular weight excluding hydrogens is 403 g/mol. The predicted molar refractivity (Wildman–Crippen MR) is 125 cm³/mol. The van der Waals surface area contributed by atoms with Gasteiger partial charge in [0.15, 0.2) is 11.6 Å². The number of nitrogens with one attached hydrogen (secondary N) is 1. The van der Waals surface area contributed by atoms with Gasteiger partial charge in [0.1, 0.15) is 17.8 Å². The Morgan fingerprint density at radius 2 is 1.84 bits per heavy atom. The number of aromatic nitrogens is 5. The fraction of sp³-hybridized carbons (Fsp3) is 0.120. The predicted octanol–water partition coefficient (Wildman–Crippen LogP) is 5.29. The Kier molecular flexibility index (Phi) is 6.17. The van der Waals surface area contributed by atoms with Gasteiger partial charge in [0, 0.05) is 42.6 Å². The lowest BCUT2D eigenvalue weighted by Gasteiger charge is -2.11. The van der Waals surface area contributed by atoms with Gasteiger partial charge in [0.05, 0.1) is 0 Å². The van der Waals surface area contributed by atoms with Crippen LogP contribution in [0.25, 0.3) is 22.9 Å². The number of imidazole rings is 1. The first kappa shape index (κ1) is 21.1. The van der Waals surface area contributed by atoms with Crippen molar-refractivity contribution in [2.24, 2.45) is 0 Å². The summed E-state index contributed by atoms with van der Waals surface area (Å²) in [6.45, 7) is 8.06. The molecule has 3 heterocycles. The lowest BCUT2D eigenvalue weighted by Crippen LogP contribution is -2.07. The van der Waals surface area contributed by atoms with Crippen LogP contribution in [0.2, 0.25) is 0 Å². The first-order chi connectivity index (χ1) is 15.5. The van der Waals surface area contributed by atoms with Gasteiger partial charge < -0.3 is 9.88 Å². The Labute approximate surface area is 186 Å². The van der Waals surface area contributed by atoms with Gasteiger partial charge in [0.2, 0.25) is 0 Å². The van der Waals surface area contributed by atoms with Crippen LogP contribution in [0.3, 0.4) is 0 Å². The van der Waals surface area contributed by atoms with E-state index in [1.807, 2.05) is 50.2 Å². The summed E-state index contributed by atoms with van der Waals surface area (Å²) in [6.07, 6.45) is 9.91. The average Bonchev–Trinajstić information content (AvgIpc) is 3.21. The van der Waals surface area contributed by atoms with Crippen LogP contribution in [0.15, 0.2) is 74.0 Å². The second-order valence-electron chi connectivity index (χ2n) is 7.29. The molecule has 32 heavy (non-hydrogen) atoms. The van der Waals surface area contributed by atoms with Crippen molar-refractivity contribution in [3.8, 4) is 11.1 Å². The third-order valence-electron chi connectivity index (χ3n) is 5.07. The van der Waals surface area contributed by atoms with Crippen molar-refractivity contribution in [3.63, 3.8) is 0 Å². The molecule has 0 fully saturated rings. The van der Waals surface area contributed by atoms with Gasteiger partial charge in [-0.3, -0.25) is 4.98 Å². The van der Waals surface area contributed by atoms with Crippen molar-refractivity contribution >= 4 is 17.6 Å². The minimum Gasteiger partial charge on any atom is -0.363 e. The third kappa shape index (κ3) is 4.62. The van der Waals surface area contributed by atoms with E-state index in [1.54, 1.807) is 35.4 Å². The number of rotatable bonds is 7. The quantitative estimate of drug-likeness (QED) is 0.407. The molecule has 1 N–H and O–H groups in total. The molecular formula is C25H23FN6. The van der Waals surface area contributed by atoms with Crippen molar-refractivity contribution in [1.82, 2.24) is 24.5 Å². The van der Waals surface area contributed by atoms with Crippen LogP contribution in [0.5, 0.6) is 0 Å². The smallest absolute Gasteiger partial charge is 0.191 e.